The van der Waals surface area contributed by atoms with Crippen LogP contribution >= 0.6 is 15.9 Å². The Kier molecular flexibility index (Phi) is 6.30. The lowest BCUT2D eigenvalue weighted by Gasteiger charge is -2.33. The quantitative estimate of drug-likeness (QED) is 0.721. The Labute approximate surface area is 109 Å². The summed E-state index contributed by atoms with van der Waals surface area (Å²) < 4.78 is 5.75. The topological polar surface area (TPSA) is 12.5 Å². The molecule has 0 amide bonds. The van der Waals surface area contributed by atoms with Crippen molar-refractivity contribution in [1.82, 2.24) is 4.90 Å². The second-order valence-electron chi connectivity index (χ2n) is 5.91. The van der Waals surface area contributed by atoms with E-state index in [1.54, 1.807) is 0 Å². The molecule has 0 aliphatic carbocycles. The number of hydrogen-bond acceptors (Lipinski definition) is 2. The molecule has 1 aliphatic rings. The van der Waals surface area contributed by atoms with Gasteiger partial charge in [0.25, 0.3) is 0 Å². The SMILES string of the molecule is CC(C)(C)CCN1CCC(OCCBr)CC1. The van der Waals surface area contributed by atoms with Gasteiger partial charge in [-0.05, 0) is 31.2 Å². The molecule has 0 saturated carbocycles. The van der Waals surface area contributed by atoms with Gasteiger partial charge in [-0.1, -0.05) is 36.7 Å². The van der Waals surface area contributed by atoms with E-state index < -0.39 is 0 Å². The molecule has 1 fully saturated rings. The number of ether oxygens (including phenoxy) is 1. The standard InChI is InChI=1S/C13H26BrNO/c1-13(2,3)6-10-15-8-4-12(5-9-15)16-11-7-14/h12H,4-11H2,1-3H3. The van der Waals surface area contributed by atoms with Crippen molar-refractivity contribution in [2.24, 2.45) is 5.41 Å². The van der Waals surface area contributed by atoms with Gasteiger partial charge in [0.2, 0.25) is 0 Å². The Hall–Kier alpha value is 0.400. The van der Waals surface area contributed by atoms with Crippen molar-refractivity contribution in [2.75, 3.05) is 31.6 Å². The predicted octanol–water partition coefficient (Wildman–Crippen LogP) is 3.30. The fraction of sp³-hybridized carbons (Fsp3) is 1.00. The Morgan fingerprint density at radius 3 is 2.38 bits per heavy atom. The summed E-state index contributed by atoms with van der Waals surface area (Å²) in [6, 6.07) is 0. The van der Waals surface area contributed by atoms with Crippen LogP contribution in [0.25, 0.3) is 0 Å². The minimum absolute atomic E-state index is 0.462. The van der Waals surface area contributed by atoms with Crippen molar-refractivity contribution in [3.05, 3.63) is 0 Å². The van der Waals surface area contributed by atoms with Crippen molar-refractivity contribution < 1.29 is 4.74 Å². The first-order valence-electron chi connectivity index (χ1n) is 6.41. The lowest BCUT2D eigenvalue weighted by Crippen LogP contribution is -2.38. The highest BCUT2D eigenvalue weighted by Gasteiger charge is 2.20. The number of alkyl halides is 1. The maximum Gasteiger partial charge on any atom is 0.0599 e. The lowest BCUT2D eigenvalue weighted by molar-refractivity contribution is 0.0140. The molecule has 0 aromatic carbocycles. The first-order chi connectivity index (χ1) is 7.51. The molecule has 1 heterocycles. The van der Waals surface area contributed by atoms with E-state index in [2.05, 4.69) is 41.6 Å². The molecule has 0 atom stereocenters. The van der Waals surface area contributed by atoms with Crippen LogP contribution in [0.1, 0.15) is 40.0 Å². The van der Waals surface area contributed by atoms with E-state index in [4.69, 9.17) is 4.74 Å². The van der Waals surface area contributed by atoms with E-state index in [0.717, 1.165) is 11.9 Å². The fourth-order valence-corrected chi connectivity index (χ4v) is 2.19. The van der Waals surface area contributed by atoms with Crippen LogP contribution in [0.4, 0.5) is 0 Å². The summed E-state index contributed by atoms with van der Waals surface area (Å²) in [6.45, 7) is 11.5. The number of halogens is 1. The molecular formula is C13H26BrNO. The third-order valence-corrected chi connectivity index (χ3v) is 3.47. The largest absolute Gasteiger partial charge is 0.377 e. The molecule has 0 bridgehead atoms. The predicted molar refractivity (Wildman–Crippen MR) is 73.3 cm³/mol. The van der Waals surface area contributed by atoms with Crippen LogP contribution in [-0.2, 0) is 4.74 Å². The van der Waals surface area contributed by atoms with Crippen molar-refractivity contribution >= 4 is 15.9 Å². The van der Waals surface area contributed by atoms with Gasteiger partial charge in [0.1, 0.15) is 0 Å². The Bertz CT molecular complexity index is 183. The molecule has 0 radical (unpaired) electrons. The summed E-state index contributed by atoms with van der Waals surface area (Å²) in [4.78, 5) is 2.58. The monoisotopic (exact) mass is 291 g/mol. The lowest BCUT2D eigenvalue weighted by atomic mass is 9.91. The van der Waals surface area contributed by atoms with Crippen LogP contribution in [0.3, 0.4) is 0 Å². The maximum absolute atomic E-state index is 5.75. The smallest absolute Gasteiger partial charge is 0.0599 e. The number of nitrogens with zero attached hydrogens (tertiary/aromatic N) is 1. The third kappa shape index (κ3) is 6.21. The number of likely N-dealkylation sites (tertiary alicyclic amines) is 1. The molecule has 1 aliphatic heterocycles. The van der Waals surface area contributed by atoms with E-state index in [1.165, 1.54) is 38.9 Å². The number of piperidine rings is 1. The van der Waals surface area contributed by atoms with Crippen LogP contribution in [-0.4, -0.2) is 42.6 Å². The molecule has 0 spiro atoms. The molecule has 1 rings (SSSR count). The highest BCUT2D eigenvalue weighted by Crippen LogP contribution is 2.21. The molecule has 96 valence electrons. The highest BCUT2D eigenvalue weighted by atomic mass is 79.9. The van der Waals surface area contributed by atoms with Crippen LogP contribution in [0.15, 0.2) is 0 Å². The van der Waals surface area contributed by atoms with Gasteiger partial charge < -0.3 is 9.64 Å². The van der Waals surface area contributed by atoms with Gasteiger partial charge in [-0.25, -0.2) is 0 Å². The Morgan fingerprint density at radius 2 is 1.88 bits per heavy atom. The number of hydrogen-bond donors (Lipinski definition) is 0. The van der Waals surface area contributed by atoms with Gasteiger partial charge in [0.15, 0.2) is 0 Å². The Morgan fingerprint density at radius 1 is 1.25 bits per heavy atom. The molecule has 16 heavy (non-hydrogen) atoms. The van der Waals surface area contributed by atoms with E-state index in [-0.39, 0.29) is 0 Å². The molecular weight excluding hydrogens is 266 g/mol. The molecule has 1 saturated heterocycles. The van der Waals surface area contributed by atoms with Crippen molar-refractivity contribution in [2.45, 2.75) is 46.1 Å². The summed E-state index contributed by atoms with van der Waals surface area (Å²) in [5.41, 5.74) is 0.462. The fourth-order valence-electron chi connectivity index (χ4n) is 2.00. The molecule has 0 aromatic rings. The van der Waals surface area contributed by atoms with Gasteiger partial charge in [0, 0.05) is 18.4 Å². The molecule has 0 unspecified atom stereocenters. The minimum atomic E-state index is 0.462. The Balaban J connectivity index is 2.12. The van der Waals surface area contributed by atoms with E-state index in [1.807, 2.05) is 0 Å². The van der Waals surface area contributed by atoms with Gasteiger partial charge in [0.05, 0.1) is 12.7 Å². The average molecular weight is 292 g/mol. The van der Waals surface area contributed by atoms with Crippen molar-refractivity contribution in [1.29, 1.82) is 0 Å². The summed E-state index contributed by atoms with van der Waals surface area (Å²) >= 11 is 3.40. The molecule has 3 heteroatoms. The second kappa shape index (κ2) is 6.97. The zero-order chi connectivity index (χ0) is 12.0. The van der Waals surface area contributed by atoms with Crippen LogP contribution in [0.2, 0.25) is 0 Å². The van der Waals surface area contributed by atoms with Gasteiger partial charge >= 0.3 is 0 Å². The van der Waals surface area contributed by atoms with E-state index >= 15 is 0 Å². The molecule has 0 N–H and O–H groups in total. The van der Waals surface area contributed by atoms with Crippen molar-refractivity contribution in [3.63, 3.8) is 0 Å². The van der Waals surface area contributed by atoms with Crippen LogP contribution < -0.4 is 0 Å². The van der Waals surface area contributed by atoms with Gasteiger partial charge in [-0.3, -0.25) is 0 Å². The van der Waals surface area contributed by atoms with Gasteiger partial charge in [-0.2, -0.15) is 0 Å². The highest BCUT2D eigenvalue weighted by molar-refractivity contribution is 9.09. The summed E-state index contributed by atoms with van der Waals surface area (Å²) in [5.74, 6) is 0. The third-order valence-electron chi connectivity index (χ3n) is 3.14. The van der Waals surface area contributed by atoms with Crippen LogP contribution in [0.5, 0.6) is 0 Å². The first kappa shape index (κ1) is 14.5. The maximum atomic E-state index is 5.75. The number of rotatable bonds is 5. The minimum Gasteiger partial charge on any atom is -0.377 e. The zero-order valence-electron chi connectivity index (χ0n) is 11.0. The van der Waals surface area contributed by atoms with Crippen LogP contribution in [0, 0.1) is 5.41 Å². The zero-order valence-corrected chi connectivity index (χ0v) is 12.6. The summed E-state index contributed by atoms with van der Waals surface area (Å²) in [7, 11) is 0. The van der Waals surface area contributed by atoms with E-state index in [9.17, 15) is 0 Å². The van der Waals surface area contributed by atoms with E-state index in [0.29, 0.717) is 11.5 Å². The summed E-state index contributed by atoms with van der Waals surface area (Å²) in [6.07, 6.45) is 4.21. The normalized spacial score (nSPS) is 20.2. The molecule has 0 aromatic heterocycles. The average Bonchev–Trinajstić information content (AvgIpc) is 2.24. The summed E-state index contributed by atoms with van der Waals surface area (Å²) in [5, 5.41) is 0.956. The second-order valence-corrected chi connectivity index (χ2v) is 6.70. The molecule has 2 nitrogen and oxygen atoms in total. The van der Waals surface area contributed by atoms with Gasteiger partial charge in [-0.15, -0.1) is 0 Å². The first-order valence-corrected chi connectivity index (χ1v) is 7.53. The van der Waals surface area contributed by atoms with Crippen molar-refractivity contribution in [3.8, 4) is 0 Å².